The number of hydrazine groups is 1. The Morgan fingerprint density at radius 3 is 2.85 bits per heavy atom. The highest BCUT2D eigenvalue weighted by Gasteiger charge is 2.26. The van der Waals surface area contributed by atoms with E-state index in [1.54, 1.807) is 12.1 Å². The average molecular weight is 294 g/mol. The molecule has 1 aromatic heterocycles. The molecule has 5 nitrogen and oxygen atoms in total. The Hall–Kier alpha value is -1.27. The van der Waals surface area contributed by atoms with E-state index >= 15 is 0 Å². The van der Waals surface area contributed by atoms with E-state index in [1.807, 2.05) is 18.7 Å². The summed E-state index contributed by atoms with van der Waals surface area (Å²) in [7, 11) is 0. The molecule has 0 aliphatic heterocycles. The number of thioether (sulfide) groups is 1. The highest BCUT2D eigenvalue weighted by Crippen LogP contribution is 2.27. The van der Waals surface area contributed by atoms with E-state index in [9.17, 15) is 4.79 Å². The van der Waals surface area contributed by atoms with E-state index in [0.29, 0.717) is 16.6 Å². The smallest absolute Gasteiger partial charge is 0.251 e. The van der Waals surface area contributed by atoms with E-state index in [1.165, 1.54) is 19.3 Å². The summed E-state index contributed by atoms with van der Waals surface area (Å²) in [6, 6.07) is 3.72. The highest BCUT2D eigenvalue weighted by atomic mass is 32.2. The fourth-order valence-electron chi connectivity index (χ4n) is 2.67. The topological polar surface area (TPSA) is 80.0 Å². The summed E-state index contributed by atoms with van der Waals surface area (Å²) in [6.07, 6.45) is 6.79. The van der Waals surface area contributed by atoms with Gasteiger partial charge < -0.3 is 10.7 Å². The molecule has 0 spiro atoms. The summed E-state index contributed by atoms with van der Waals surface area (Å²) in [6.45, 7) is 1.85. The van der Waals surface area contributed by atoms with Crippen LogP contribution in [0.4, 0.5) is 5.82 Å². The zero-order chi connectivity index (χ0) is 14.5. The van der Waals surface area contributed by atoms with Crippen LogP contribution in [0, 0.1) is 6.92 Å². The third-order valence-corrected chi connectivity index (χ3v) is 4.86. The summed E-state index contributed by atoms with van der Waals surface area (Å²) in [5, 5.41) is 3.67. The number of nitrogens with one attached hydrogen (secondary N) is 2. The van der Waals surface area contributed by atoms with Gasteiger partial charge in [0.25, 0.3) is 5.91 Å². The largest absolute Gasteiger partial charge is 0.348 e. The van der Waals surface area contributed by atoms with Gasteiger partial charge in [0.1, 0.15) is 5.82 Å². The summed E-state index contributed by atoms with van der Waals surface area (Å²) in [5.74, 6) is 5.84. The maximum atomic E-state index is 12.4. The lowest BCUT2D eigenvalue weighted by atomic mass is 9.94. The van der Waals surface area contributed by atoms with Crippen molar-refractivity contribution in [2.24, 2.45) is 5.84 Å². The molecule has 4 N–H and O–H groups in total. The highest BCUT2D eigenvalue weighted by molar-refractivity contribution is 7.99. The van der Waals surface area contributed by atoms with Crippen LogP contribution < -0.4 is 16.6 Å². The third kappa shape index (κ3) is 3.64. The van der Waals surface area contributed by atoms with Crippen LogP contribution in [-0.2, 0) is 0 Å². The molecular weight excluding hydrogens is 272 g/mol. The van der Waals surface area contributed by atoms with E-state index in [2.05, 4.69) is 22.0 Å². The Morgan fingerprint density at radius 1 is 1.40 bits per heavy atom. The van der Waals surface area contributed by atoms with Crippen molar-refractivity contribution in [3.8, 4) is 0 Å². The number of amides is 1. The summed E-state index contributed by atoms with van der Waals surface area (Å²) < 4.78 is 0. The number of aryl methyl sites for hydroxylation is 1. The Kier molecular flexibility index (Phi) is 5.25. The second-order valence-electron chi connectivity index (χ2n) is 5.17. The number of carbonyl (C=O) groups is 1. The zero-order valence-corrected chi connectivity index (χ0v) is 12.8. The van der Waals surface area contributed by atoms with E-state index < -0.39 is 0 Å². The molecule has 2 rings (SSSR count). The van der Waals surface area contributed by atoms with Crippen LogP contribution in [0.15, 0.2) is 12.1 Å². The van der Waals surface area contributed by atoms with Crippen LogP contribution in [0.1, 0.15) is 41.7 Å². The Balaban J connectivity index is 2.09. The lowest BCUT2D eigenvalue weighted by molar-refractivity contribution is 0.0929. The summed E-state index contributed by atoms with van der Waals surface area (Å²) in [5.41, 5.74) is 3.87. The maximum Gasteiger partial charge on any atom is 0.251 e. The van der Waals surface area contributed by atoms with E-state index in [4.69, 9.17) is 5.84 Å². The molecule has 1 amide bonds. The predicted molar refractivity (Wildman–Crippen MR) is 83.8 cm³/mol. The molecule has 0 aromatic carbocycles. The molecule has 1 aromatic rings. The minimum Gasteiger partial charge on any atom is -0.348 e. The van der Waals surface area contributed by atoms with E-state index in [-0.39, 0.29) is 11.9 Å². The molecule has 6 heteroatoms. The van der Waals surface area contributed by atoms with Gasteiger partial charge in [0.05, 0.1) is 0 Å². The molecule has 20 heavy (non-hydrogen) atoms. The van der Waals surface area contributed by atoms with Gasteiger partial charge in [-0.15, -0.1) is 0 Å². The van der Waals surface area contributed by atoms with Gasteiger partial charge in [-0.2, -0.15) is 11.8 Å². The number of hydrogen-bond donors (Lipinski definition) is 3. The van der Waals surface area contributed by atoms with Crippen molar-refractivity contribution < 1.29 is 4.79 Å². The van der Waals surface area contributed by atoms with Gasteiger partial charge in [0.2, 0.25) is 0 Å². The maximum absolute atomic E-state index is 12.4. The number of nitrogens with two attached hydrogens (primary N) is 1. The summed E-state index contributed by atoms with van der Waals surface area (Å²) >= 11 is 1.84. The van der Waals surface area contributed by atoms with Crippen LogP contribution in [-0.4, -0.2) is 28.4 Å². The molecule has 2 unspecified atom stereocenters. The van der Waals surface area contributed by atoms with Crippen molar-refractivity contribution in [1.82, 2.24) is 10.3 Å². The molecule has 1 aliphatic rings. The fourth-order valence-corrected chi connectivity index (χ4v) is 3.60. The van der Waals surface area contributed by atoms with Crippen molar-refractivity contribution in [2.45, 2.75) is 43.9 Å². The molecule has 2 atom stereocenters. The van der Waals surface area contributed by atoms with Gasteiger partial charge >= 0.3 is 0 Å². The van der Waals surface area contributed by atoms with E-state index in [0.717, 1.165) is 12.1 Å². The van der Waals surface area contributed by atoms with Crippen molar-refractivity contribution >= 4 is 23.5 Å². The van der Waals surface area contributed by atoms with Crippen LogP contribution in [0.5, 0.6) is 0 Å². The minimum atomic E-state index is -0.0436. The molecule has 110 valence electrons. The lowest BCUT2D eigenvalue weighted by Gasteiger charge is -2.31. The first-order chi connectivity index (χ1) is 9.63. The van der Waals surface area contributed by atoms with Gasteiger partial charge in [0.15, 0.2) is 0 Å². The second-order valence-corrected chi connectivity index (χ2v) is 6.24. The van der Waals surface area contributed by atoms with Crippen LogP contribution >= 0.6 is 11.8 Å². The first-order valence-corrected chi connectivity index (χ1v) is 8.22. The SMILES string of the molecule is CSC1CCCCC1NC(=O)c1cc(C)nc(NN)c1. The molecule has 0 radical (unpaired) electrons. The predicted octanol–water partition coefficient (Wildman–Crippen LogP) is 2.08. The normalized spacial score (nSPS) is 22.4. The van der Waals surface area contributed by atoms with Crippen molar-refractivity contribution in [3.63, 3.8) is 0 Å². The van der Waals surface area contributed by atoms with Gasteiger partial charge in [-0.3, -0.25) is 4.79 Å². The number of carbonyl (C=O) groups excluding carboxylic acids is 1. The molecule has 0 bridgehead atoms. The molecular formula is C14H22N4OS. The number of nitrogen functional groups attached to an aromatic ring is 1. The van der Waals surface area contributed by atoms with Gasteiger partial charge in [-0.05, 0) is 38.2 Å². The standard InChI is InChI=1S/C14H22N4OS/c1-9-7-10(8-13(16-9)18-15)14(19)17-11-5-3-4-6-12(11)20-2/h7-8,11-12H,3-6,15H2,1-2H3,(H,16,18)(H,17,19). The third-order valence-electron chi connectivity index (χ3n) is 3.69. The minimum absolute atomic E-state index is 0.0436. The number of aromatic nitrogens is 1. The van der Waals surface area contributed by atoms with Gasteiger partial charge in [-0.25, -0.2) is 10.8 Å². The monoisotopic (exact) mass is 294 g/mol. The lowest BCUT2D eigenvalue weighted by Crippen LogP contribution is -2.43. The number of pyridine rings is 1. The first kappa shape index (κ1) is 15.1. The average Bonchev–Trinajstić information content (AvgIpc) is 2.47. The number of hydrogen-bond acceptors (Lipinski definition) is 5. The first-order valence-electron chi connectivity index (χ1n) is 6.93. The van der Waals surface area contributed by atoms with Crippen LogP contribution in [0.25, 0.3) is 0 Å². The van der Waals surface area contributed by atoms with Crippen molar-refractivity contribution in [2.75, 3.05) is 11.7 Å². The Labute approximate surface area is 124 Å². The molecule has 0 saturated heterocycles. The summed E-state index contributed by atoms with van der Waals surface area (Å²) in [4.78, 5) is 16.6. The van der Waals surface area contributed by atoms with Crippen molar-refractivity contribution in [1.29, 1.82) is 0 Å². The zero-order valence-electron chi connectivity index (χ0n) is 12.0. The van der Waals surface area contributed by atoms with Gasteiger partial charge in [0, 0.05) is 22.5 Å². The van der Waals surface area contributed by atoms with Crippen LogP contribution in [0.3, 0.4) is 0 Å². The van der Waals surface area contributed by atoms with Crippen LogP contribution in [0.2, 0.25) is 0 Å². The molecule has 1 heterocycles. The fraction of sp³-hybridized carbons (Fsp3) is 0.571. The quantitative estimate of drug-likeness (QED) is 0.585. The molecule has 1 aliphatic carbocycles. The second kappa shape index (κ2) is 6.95. The molecule has 1 fully saturated rings. The number of rotatable bonds is 4. The Bertz CT molecular complexity index is 480. The van der Waals surface area contributed by atoms with Gasteiger partial charge in [-0.1, -0.05) is 12.8 Å². The number of nitrogens with zero attached hydrogens (tertiary/aromatic N) is 1. The molecule has 1 saturated carbocycles. The Morgan fingerprint density at radius 2 is 2.15 bits per heavy atom. The number of anilines is 1. The van der Waals surface area contributed by atoms with Crippen molar-refractivity contribution in [3.05, 3.63) is 23.4 Å².